The lowest BCUT2D eigenvalue weighted by Crippen LogP contribution is -2.61. The van der Waals surface area contributed by atoms with E-state index in [9.17, 15) is 4.79 Å². The van der Waals surface area contributed by atoms with Crippen molar-refractivity contribution in [3.63, 3.8) is 0 Å². The van der Waals surface area contributed by atoms with E-state index >= 15 is 0 Å². The van der Waals surface area contributed by atoms with Gasteiger partial charge in [0.25, 0.3) is 0 Å². The minimum absolute atomic E-state index is 0.172. The van der Waals surface area contributed by atoms with Crippen molar-refractivity contribution in [1.29, 1.82) is 0 Å². The van der Waals surface area contributed by atoms with Crippen molar-refractivity contribution in [3.8, 4) is 0 Å². The Morgan fingerprint density at radius 3 is 3.00 bits per heavy atom. The van der Waals surface area contributed by atoms with E-state index in [1.165, 1.54) is 5.56 Å². The van der Waals surface area contributed by atoms with Crippen molar-refractivity contribution in [2.75, 3.05) is 36.0 Å². The van der Waals surface area contributed by atoms with Gasteiger partial charge >= 0.3 is 0 Å². The number of halogens is 1. The fraction of sp³-hybridized carbons (Fsp3) is 0.500. The number of benzene rings is 1. The van der Waals surface area contributed by atoms with Gasteiger partial charge in [0.05, 0.1) is 24.0 Å². The first-order valence-electron chi connectivity index (χ1n) is 6.69. The van der Waals surface area contributed by atoms with Gasteiger partial charge in [-0.25, -0.2) is 0 Å². The number of amides is 1. The molecule has 19 heavy (non-hydrogen) atoms. The second-order valence-electron chi connectivity index (χ2n) is 5.20. The molecule has 1 amide bonds. The highest BCUT2D eigenvalue weighted by Gasteiger charge is 2.37. The molecule has 0 spiro atoms. The fourth-order valence-electron chi connectivity index (χ4n) is 3.05. The number of aryl methyl sites for hydroxylation is 1. The number of fused-ring (bicyclic) bond motifs is 3. The number of nitrogens with zero attached hydrogens (tertiary/aromatic N) is 2. The molecule has 2 aliphatic heterocycles. The molecule has 1 saturated heterocycles. The molecule has 1 aromatic carbocycles. The van der Waals surface area contributed by atoms with Crippen LogP contribution in [0.5, 0.6) is 0 Å². The number of hydrogen-bond acceptors (Lipinski definition) is 3. The summed E-state index contributed by atoms with van der Waals surface area (Å²) in [4.78, 5) is 16.6. The van der Waals surface area contributed by atoms with E-state index in [-0.39, 0.29) is 11.9 Å². The van der Waals surface area contributed by atoms with Crippen molar-refractivity contribution in [3.05, 3.63) is 22.2 Å². The average molecular weight is 324 g/mol. The van der Waals surface area contributed by atoms with Crippen molar-refractivity contribution in [2.24, 2.45) is 0 Å². The number of carbonyl (C=O) groups is 1. The summed E-state index contributed by atoms with van der Waals surface area (Å²) in [6.07, 6.45) is 0. The van der Waals surface area contributed by atoms with Crippen molar-refractivity contribution >= 4 is 33.2 Å². The van der Waals surface area contributed by atoms with Gasteiger partial charge in [0.1, 0.15) is 0 Å². The first kappa shape index (κ1) is 12.9. The Hall–Kier alpha value is -1.07. The Morgan fingerprint density at radius 1 is 1.47 bits per heavy atom. The topological polar surface area (TPSA) is 35.6 Å². The molecule has 1 aromatic rings. The standard InChI is InChI=1S/C14H18BrN3O/c1-3-17-8-10-6-16-7-13(19)18(10)12-5-9(2)4-11(15)14(12)17/h4-5,10,16H,3,6-8H2,1-2H3. The van der Waals surface area contributed by atoms with E-state index in [1.807, 2.05) is 4.90 Å². The van der Waals surface area contributed by atoms with Gasteiger partial charge in [-0.05, 0) is 47.5 Å². The summed E-state index contributed by atoms with van der Waals surface area (Å²) in [5, 5.41) is 3.21. The third-order valence-electron chi connectivity index (χ3n) is 3.87. The van der Waals surface area contributed by atoms with E-state index < -0.39 is 0 Å². The van der Waals surface area contributed by atoms with Gasteiger partial charge in [0, 0.05) is 24.1 Å². The Balaban J connectivity index is 2.16. The molecule has 2 heterocycles. The Labute approximate surface area is 121 Å². The van der Waals surface area contributed by atoms with Crippen LogP contribution in [0.4, 0.5) is 11.4 Å². The molecular weight excluding hydrogens is 306 g/mol. The van der Waals surface area contributed by atoms with Crippen molar-refractivity contribution < 1.29 is 4.79 Å². The van der Waals surface area contributed by atoms with E-state index in [0.717, 1.165) is 35.5 Å². The Morgan fingerprint density at radius 2 is 2.26 bits per heavy atom. The van der Waals surface area contributed by atoms with Crippen LogP contribution in [0.3, 0.4) is 0 Å². The van der Waals surface area contributed by atoms with Crippen LogP contribution < -0.4 is 15.1 Å². The van der Waals surface area contributed by atoms with Crippen LogP contribution in [0.15, 0.2) is 16.6 Å². The minimum Gasteiger partial charge on any atom is -0.367 e. The van der Waals surface area contributed by atoms with Crippen LogP contribution >= 0.6 is 15.9 Å². The summed E-state index contributed by atoms with van der Waals surface area (Å²) < 4.78 is 1.08. The first-order chi connectivity index (χ1) is 9.11. The van der Waals surface area contributed by atoms with Gasteiger partial charge < -0.3 is 15.1 Å². The molecular formula is C14H18BrN3O. The molecule has 2 aliphatic rings. The van der Waals surface area contributed by atoms with Crippen molar-refractivity contribution in [2.45, 2.75) is 19.9 Å². The molecule has 1 N–H and O–H groups in total. The van der Waals surface area contributed by atoms with E-state index in [1.54, 1.807) is 0 Å². The van der Waals surface area contributed by atoms with Crippen LogP contribution in [-0.4, -0.2) is 38.1 Å². The lowest BCUT2D eigenvalue weighted by atomic mass is 10.0. The van der Waals surface area contributed by atoms with Gasteiger partial charge in [-0.2, -0.15) is 0 Å². The second-order valence-corrected chi connectivity index (χ2v) is 6.06. The summed E-state index contributed by atoms with van der Waals surface area (Å²) >= 11 is 3.66. The normalized spacial score (nSPS) is 22.3. The molecule has 1 fully saturated rings. The van der Waals surface area contributed by atoms with Crippen molar-refractivity contribution in [1.82, 2.24) is 5.32 Å². The summed E-state index contributed by atoms with van der Waals surface area (Å²) in [6.45, 7) is 7.37. The Bertz CT molecular complexity index is 532. The summed E-state index contributed by atoms with van der Waals surface area (Å²) in [6, 6.07) is 4.48. The quantitative estimate of drug-likeness (QED) is 0.857. The molecule has 0 aliphatic carbocycles. The van der Waals surface area contributed by atoms with E-state index in [0.29, 0.717) is 6.54 Å². The highest BCUT2D eigenvalue weighted by Crippen LogP contribution is 2.42. The van der Waals surface area contributed by atoms with Gasteiger partial charge in [-0.1, -0.05) is 0 Å². The maximum absolute atomic E-state index is 12.2. The van der Waals surface area contributed by atoms with Gasteiger partial charge in [0.15, 0.2) is 0 Å². The zero-order valence-corrected chi connectivity index (χ0v) is 12.8. The smallest absolute Gasteiger partial charge is 0.241 e. The average Bonchev–Trinajstić information content (AvgIpc) is 2.37. The summed E-state index contributed by atoms with van der Waals surface area (Å²) in [7, 11) is 0. The monoisotopic (exact) mass is 323 g/mol. The number of hydrogen-bond donors (Lipinski definition) is 1. The third-order valence-corrected chi connectivity index (χ3v) is 4.47. The van der Waals surface area contributed by atoms with Crippen LogP contribution in [-0.2, 0) is 4.79 Å². The molecule has 3 rings (SSSR count). The molecule has 1 unspecified atom stereocenters. The molecule has 0 radical (unpaired) electrons. The molecule has 102 valence electrons. The molecule has 1 atom stereocenters. The molecule has 5 heteroatoms. The van der Waals surface area contributed by atoms with E-state index in [2.05, 4.69) is 52.1 Å². The van der Waals surface area contributed by atoms with Crippen LogP contribution in [0.25, 0.3) is 0 Å². The maximum Gasteiger partial charge on any atom is 0.241 e. The first-order valence-corrected chi connectivity index (χ1v) is 7.49. The highest BCUT2D eigenvalue weighted by atomic mass is 79.9. The van der Waals surface area contributed by atoms with Gasteiger partial charge in [-0.15, -0.1) is 0 Å². The largest absolute Gasteiger partial charge is 0.367 e. The number of nitrogens with one attached hydrogen (secondary N) is 1. The van der Waals surface area contributed by atoms with Crippen LogP contribution in [0, 0.1) is 6.92 Å². The number of likely N-dealkylation sites (N-methyl/N-ethyl adjacent to an activating group) is 1. The molecule has 4 nitrogen and oxygen atoms in total. The SMILES string of the molecule is CCN1CC2CNCC(=O)N2c2cc(C)cc(Br)c21. The summed E-state index contributed by atoms with van der Waals surface area (Å²) in [5.41, 5.74) is 3.38. The predicted octanol–water partition coefficient (Wildman–Crippen LogP) is 1.90. The van der Waals surface area contributed by atoms with Gasteiger partial charge in [-0.3, -0.25) is 4.79 Å². The zero-order chi connectivity index (χ0) is 13.6. The molecule has 0 saturated carbocycles. The number of carbonyl (C=O) groups excluding carboxylic acids is 1. The van der Waals surface area contributed by atoms with Crippen LogP contribution in [0.1, 0.15) is 12.5 Å². The van der Waals surface area contributed by atoms with E-state index in [4.69, 9.17) is 0 Å². The number of anilines is 2. The third kappa shape index (κ3) is 2.05. The van der Waals surface area contributed by atoms with Crippen LogP contribution in [0.2, 0.25) is 0 Å². The second kappa shape index (κ2) is 4.80. The predicted molar refractivity (Wildman–Crippen MR) is 80.9 cm³/mol. The lowest BCUT2D eigenvalue weighted by Gasteiger charge is -2.46. The maximum atomic E-state index is 12.2. The number of rotatable bonds is 1. The molecule has 0 bridgehead atoms. The zero-order valence-electron chi connectivity index (χ0n) is 11.2. The van der Waals surface area contributed by atoms with Gasteiger partial charge in [0.2, 0.25) is 5.91 Å². The lowest BCUT2D eigenvalue weighted by molar-refractivity contribution is -0.119. The summed E-state index contributed by atoms with van der Waals surface area (Å²) in [5.74, 6) is 0.172. The highest BCUT2D eigenvalue weighted by molar-refractivity contribution is 9.10. The fourth-order valence-corrected chi connectivity index (χ4v) is 3.86. The Kier molecular flexibility index (Phi) is 3.27. The minimum atomic E-state index is 0.172. The molecule has 0 aromatic heterocycles. The number of piperazine rings is 1.